The second-order valence-corrected chi connectivity index (χ2v) is 3.46. The Morgan fingerprint density at radius 2 is 2.31 bits per heavy atom. The molecule has 0 radical (unpaired) electrons. The summed E-state index contributed by atoms with van der Waals surface area (Å²) in [5.41, 5.74) is -0.0107. The average molecular weight is 221 g/mol. The van der Waals surface area contributed by atoms with Gasteiger partial charge in [0, 0.05) is 13.1 Å². The van der Waals surface area contributed by atoms with Crippen molar-refractivity contribution in [3.8, 4) is 0 Å². The molecule has 2 rings (SSSR count). The molecule has 0 bridgehead atoms. The molecule has 0 aliphatic carbocycles. The van der Waals surface area contributed by atoms with Gasteiger partial charge in [0.1, 0.15) is 5.82 Å². The number of carboxylic acid groups (broad SMARTS) is 1. The predicted molar refractivity (Wildman–Crippen MR) is 56.4 cm³/mol. The van der Waals surface area contributed by atoms with Crippen molar-refractivity contribution < 1.29 is 14.7 Å². The lowest BCUT2D eigenvalue weighted by Crippen LogP contribution is -2.48. The lowest BCUT2D eigenvalue weighted by atomic mass is 10.3. The number of aromatic nitrogens is 1. The molecule has 1 fully saturated rings. The number of anilines is 1. The van der Waals surface area contributed by atoms with Crippen LogP contribution < -0.4 is 10.2 Å². The van der Waals surface area contributed by atoms with E-state index in [0.29, 0.717) is 18.9 Å². The topological polar surface area (TPSA) is 82.5 Å². The molecular weight excluding hydrogens is 210 g/mol. The second kappa shape index (κ2) is 4.18. The van der Waals surface area contributed by atoms with E-state index in [4.69, 9.17) is 5.11 Å². The molecule has 1 aliphatic rings. The highest BCUT2D eigenvalue weighted by Gasteiger charge is 2.18. The maximum absolute atomic E-state index is 11.2. The van der Waals surface area contributed by atoms with Gasteiger partial charge in [0.15, 0.2) is 5.69 Å². The highest BCUT2D eigenvalue weighted by molar-refractivity contribution is 5.86. The van der Waals surface area contributed by atoms with Crippen LogP contribution in [0.25, 0.3) is 0 Å². The Hall–Kier alpha value is -2.11. The Morgan fingerprint density at radius 3 is 3.00 bits per heavy atom. The Bertz CT molecular complexity index is 433. The molecule has 0 saturated carbocycles. The largest absolute Gasteiger partial charge is 0.477 e. The summed E-state index contributed by atoms with van der Waals surface area (Å²) in [7, 11) is 0. The molecule has 1 aliphatic heterocycles. The third-order valence-corrected chi connectivity index (χ3v) is 2.32. The number of carbonyl (C=O) groups excluding carboxylic acids is 1. The Kier molecular flexibility index (Phi) is 2.72. The second-order valence-electron chi connectivity index (χ2n) is 3.46. The van der Waals surface area contributed by atoms with E-state index in [2.05, 4.69) is 10.3 Å². The summed E-state index contributed by atoms with van der Waals surface area (Å²) in [6.45, 7) is 1.41. The zero-order valence-electron chi connectivity index (χ0n) is 8.51. The highest BCUT2D eigenvalue weighted by atomic mass is 16.4. The number of amides is 1. The first kappa shape index (κ1) is 10.4. The Balaban J connectivity index is 2.22. The van der Waals surface area contributed by atoms with E-state index in [1.807, 2.05) is 0 Å². The van der Waals surface area contributed by atoms with Gasteiger partial charge in [-0.25, -0.2) is 9.78 Å². The Morgan fingerprint density at radius 1 is 1.50 bits per heavy atom. The van der Waals surface area contributed by atoms with Gasteiger partial charge in [-0.1, -0.05) is 6.07 Å². The minimum atomic E-state index is -1.07. The predicted octanol–water partition coefficient (Wildman–Crippen LogP) is -0.284. The van der Waals surface area contributed by atoms with Crippen LogP contribution in [0.2, 0.25) is 0 Å². The van der Waals surface area contributed by atoms with E-state index >= 15 is 0 Å². The summed E-state index contributed by atoms with van der Waals surface area (Å²) in [4.78, 5) is 27.6. The number of pyridine rings is 1. The fraction of sp³-hybridized carbons (Fsp3) is 0.300. The van der Waals surface area contributed by atoms with E-state index < -0.39 is 5.97 Å². The van der Waals surface area contributed by atoms with Crippen LogP contribution in [0.15, 0.2) is 18.2 Å². The SMILES string of the molecule is O=C1CN(c2cccc(C(=O)O)n2)CCN1. The minimum absolute atomic E-state index is 0.0107. The summed E-state index contributed by atoms with van der Waals surface area (Å²) >= 11 is 0. The van der Waals surface area contributed by atoms with Gasteiger partial charge in [0.2, 0.25) is 5.91 Å². The molecule has 1 saturated heterocycles. The number of carboxylic acids is 1. The van der Waals surface area contributed by atoms with Crippen molar-refractivity contribution in [3.63, 3.8) is 0 Å². The van der Waals surface area contributed by atoms with Gasteiger partial charge in [-0.15, -0.1) is 0 Å². The van der Waals surface area contributed by atoms with Crippen LogP contribution in [0, 0.1) is 0 Å². The van der Waals surface area contributed by atoms with Crippen LogP contribution in [0.4, 0.5) is 5.82 Å². The smallest absolute Gasteiger partial charge is 0.354 e. The first-order valence-corrected chi connectivity index (χ1v) is 4.89. The normalized spacial score (nSPS) is 15.8. The first-order chi connectivity index (χ1) is 7.66. The van der Waals surface area contributed by atoms with Crippen molar-refractivity contribution in [2.75, 3.05) is 24.5 Å². The van der Waals surface area contributed by atoms with Gasteiger partial charge < -0.3 is 15.3 Å². The van der Waals surface area contributed by atoms with E-state index in [9.17, 15) is 9.59 Å². The fourth-order valence-electron chi connectivity index (χ4n) is 1.55. The van der Waals surface area contributed by atoms with Crippen molar-refractivity contribution in [3.05, 3.63) is 23.9 Å². The van der Waals surface area contributed by atoms with E-state index in [1.54, 1.807) is 17.0 Å². The molecule has 1 aromatic rings. The maximum atomic E-state index is 11.2. The standard InChI is InChI=1S/C10H11N3O3/c14-9-6-13(5-4-11-9)8-3-1-2-7(12-8)10(15)16/h1-3H,4-6H2,(H,11,14)(H,15,16). The number of nitrogens with zero attached hydrogens (tertiary/aromatic N) is 2. The van der Waals surface area contributed by atoms with Gasteiger partial charge in [0.05, 0.1) is 6.54 Å². The molecular formula is C10H11N3O3. The van der Waals surface area contributed by atoms with Crippen LogP contribution in [0.1, 0.15) is 10.5 Å². The lowest BCUT2D eigenvalue weighted by Gasteiger charge is -2.27. The highest BCUT2D eigenvalue weighted by Crippen LogP contribution is 2.12. The van der Waals surface area contributed by atoms with Gasteiger partial charge >= 0.3 is 5.97 Å². The first-order valence-electron chi connectivity index (χ1n) is 4.89. The zero-order valence-corrected chi connectivity index (χ0v) is 8.51. The molecule has 1 amide bonds. The molecule has 16 heavy (non-hydrogen) atoms. The van der Waals surface area contributed by atoms with E-state index in [1.165, 1.54) is 6.07 Å². The Labute approximate surface area is 91.9 Å². The molecule has 84 valence electrons. The van der Waals surface area contributed by atoms with Crippen LogP contribution in [-0.4, -0.2) is 41.6 Å². The van der Waals surface area contributed by atoms with Crippen molar-refractivity contribution in [2.24, 2.45) is 0 Å². The van der Waals surface area contributed by atoms with Gasteiger partial charge in [-0.05, 0) is 12.1 Å². The van der Waals surface area contributed by atoms with Gasteiger partial charge in [-0.3, -0.25) is 4.79 Å². The molecule has 6 nitrogen and oxygen atoms in total. The average Bonchev–Trinajstić information content (AvgIpc) is 2.29. The number of aromatic carboxylic acids is 1. The molecule has 1 aromatic heterocycles. The van der Waals surface area contributed by atoms with Crippen molar-refractivity contribution >= 4 is 17.7 Å². The number of hydrogen-bond acceptors (Lipinski definition) is 4. The molecule has 6 heteroatoms. The van der Waals surface area contributed by atoms with Gasteiger partial charge in [0.25, 0.3) is 0 Å². The third kappa shape index (κ3) is 2.10. The van der Waals surface area contributed by atoms with E-state index in [0.717, 1.165) is 0 Å². The summed E-state index contributed by atoms with van der Waals surface area (Å²) in [5.74, 6) is -0.619. The quantitative estimate of drug-likeness (QED) is 0.717. The van der Waals surface area contributed by atoms with Crippen molar-refractivity contribution in [1.29, 1.82) is 0 Å². The number of nitrogens with one attached hydrogen (secondary N) is 1. The van der Waals surface area contributed by atoms with E-state index in [-0.39, 0.29) is 18.1 Å². The summed E-state index contributed by atoms with van der Waals surface area (Å²) in [6, 6.07) is 4.75. The molecule has 0 atom stereocenters. The molecule has 0 aromatic carbocycles. The maximum Gasteiger partial charge on any atom is 0.354 e. The fourth-order valence-corrected chi connectivity index (χ4v) is 1.55. The number of piperazine rings is 1. The number of hydrogen-bond donors (Lipinski definition) is 2. The minimum Gasteiger partial charge on any atom is -0.477 e. The van der Waals surface area contributed by atoms with Crippen molar-refractivity contribution in [1.82, 2.24) is 10.3 Å². The summed E-state index contributed by atoms with van der Waals surface area (Å²) < 4.78 is 0. The number of rotatable bonds is 2. The van der Waals surface area contributed by atoms with Crippen LogP contribution >= 0.6 is 0 Å². The molecule has 0 spiro atoms. The summed E-state index contributed by atoms with van der Waals surface area (Å²) in [6.07, 6.45) is 0. The molecule has 0 unspecified atom stereocenters. The molecule has 2 heterocycles. The zero-order chi connectivity index (χ0) is 11.5. The van der Waals surface area contributed by atoms with Crippen molar-refractivity contribution in [2.45, 2.75) is 0 Å². The lowest BCUT2D eigenvalue weighted by molar-refractivity contribution is -0.120. The van der Waals surface area contributed by atoms with Crippen LogP contribution in [-0.2, 0) is 4.79 Å². The number of carbonyl (C=O) groups is 2. The monoisotopic (exact) mass is 221 g/mol. The molecule has 2 N–H and O–H groups in total. The van der Waals surface area contributed by atoms with Crippen LogP contribution in [0.5, 0.6) is 0 Å². The summed E-state index contributed by atoms with van der Waals surface area (Å²) in [5, 5.41) is 11.5. The van der Waals surface area contributed by atoms with Gasteiger partial charge in [-0.2, -0.15) is 0 Å². The third-order valence-electron chi connectivity index (χ3n) is 2.32. The van der Waals surface area contributed by atoms with Crippen LogP contribution in [0.3, 0.4) is 0 Å².